The number of hydrogen-bond donors (Lipinski definition) is 0. The van der Waals surface area contributed by atoms with Crippen molar-refractivity contribution < 1.29 is 0 Å². The van der Waals surface area contributed by atoms with Gasteiger partial charge in [0.2, 0.25) is 0 Å². The molecule has 4 heteroatoms. The molecule has 0 saturated heterocycles. The Bertz CT molecular complexity index is 4070. The molecule has 0 amide bonds. The van der Waals surface area contributed by atoms with Crippen LogP contribution in [0.1, 0.15) is 41.2 Å². The van der Waals surface area contributed by atoms with Crippen molar-refractivity contribution in [1.29, 1.82) is 0 Å². The Kier molecular flexibility index (Phi) is 8.87. The minimum atomic E-state index is 0.0454. The van der Waals surface area contributed by atoms with Crippen molar-refractivity contribution in [2.45, 2.75) is 19.8 Å². The molecular weight excluding hydrogens is 843 g/mol. The first-order valence-electron chi connectivity index (χ1n) is 23.6. The quantitative estimate of drug-likeness (QED) is 0.165. The molecule has 1 atom stereocenters. The number of nitrogens with zero attached hydrogens (tertiary/aromatic N) is 3. The average molecular weight is 886 g/mol. The lowest BCUT2D eigenvalue weighted by molar-refractivity contribution is 0.790. The van der Waals surface area contributed by atoms with Crippen LogP contribution in [-0.4, -0.2) is 16.1 Å². The van der Waals surface area contributed by atoms with Crippen LogP contribution in [-0.2, 0) is 6.42 Å². The molecule has 1 aliphatic heterocycles. The van der Waals surface area contributed by atoms with E-state index in [1.807, 2.05) is 11.3 Å². The molecule has 12 aromatic rings. The highest BCUT2D eigenvalue weighted by Crippen LogP contribution is 2.44. The van der Waals surface area contributed by atoms with Crippen molar-refractivity contribution in [3.63, 3.8) is 0 Å². The molecule has 3 heterocycles. The van der Waals surface area contributed by atoms with E-state index in [0.717, 1.165) is 46.6 Å². The average Bonchev–Trinajstić information content (AvgIpc) is 4.04. The summed E-state index contributed by atoms with van der Waals surface area (Å²) in [5, 5.41) is 9.96. The number of thiophene rings is 1. The van der Waals surface area contributed by atoms with E-state index in [0.29, 0.717) is 5.84 Å². The standard InChI is InChI=1S/C64H43N3S/c1-39-26-29-57(47-22-13-21-41(30-47)40-14-3-2-4-15-40)65-64(48-27-28-52-51-24-11-12-25-61(51)68-62(52)37-48)66-63(39)56-38-53-49(31-46-20-9-10-23-50(46)53)36-60(56)67-58-34-44-18-7-5-16-42(44)32-54(58)55-33-43-17-6-8-19-45(43)35-59(55)67/h2-25,27-30,32-39H,26,31H2,1H3/b57-29+,65-64?,66-63?. The number of rotatable bonds is 5. The fourth-order valence-electron chi connectivity index (χ4n) is 11.0. The van der Waals surface area contributed by atoms with Gasteiger partial charge in [0, 0.05) is 53.6 Å². The van der Waals surface area contributed by atoms with Crippen LogP contribution >= 0.6 is 11.3 Å². The maximum absolute atomic E-state index is 5.90. The van der Waals surface area contributed by atoms with Gasteiger partial charge in [-0.1, -0.05) is 165 Å². The molecule has 68 heavy (non-hydrogen) atoms. The van der Waals surface area contributed by atoms with Gasteiger partial charge in [-0.3, -0.25) is 0 Å². The molecule has 1 aliphatic carbocycles. The third-order valence-electron chi connectivity index (χ3n) is 14.4. The fraction of sp³-hybridized carbons (Fsp3) is 0.0625. The number of benzene rings is 10. The molecule has 320 valence electrons. The summed E-state index contributed by atoms with van der Waals surface area (Å²) in [6.45, 7) is 2.35. The highest BCUT2D eigenvalue weighted by Gasteiger charge is 2.28. The summed E-state index contributed by atoms with van der Waals surface area (Å²) in [6, 6.07) is 76.0. The predicted molar refractivity (Wildman–Crippen MR) is 290 cm³/mol. The van der Waals surface area contributed by atoms with E-state index in [1.54, 1.807) is 0 Å². The SMILES string of the molecule is CC1C/C=C(\c2cccc(-c3ccccc3)c2)N=C(c2ccc3c(c2)sc2ccccc23)N=C1c1cc2c(cc1-n1c3cc4ccccc4cc3c3cc4ccccc4cc31)Cc1ccccc1-2. The smallest absolute Gasteiger partial charge is 0.160 e. The second kappa shape index (κ2) is 15.4. The highest BCUT2D eigenvalue weighted by molar-refractivity contribution is 7.25. The number of aliphatic imine (C=N–C) groups is 2. The van der Waals surface area contributed by atoms with Gasteiger partial charge >= 0.3 is 0 Å². The highest BCUT2D eigenvalue weighted by atomic mass is 32.1. The van der Waals surface area contributed by atoms with Crippen molar-refractivity contribution >= 4 is 92.1 Å². The summed E-state index contributed by atoms with van der Waals surface area (Å²) in [6.07, 6.45) is 4.01. The van der Waals surface area contributed by atoms with Crippen LogP contribution in [0.5, 0.6) is 0 Å². The molecule has 1 unspecified atom stereocenters. The first-order chi connectivity index (χ1) is 33.6. The zero-order valence-corrected chi connectivity index (χ0v) is 38.3. The summed E-state index contributed by atoms with van der Waals surface area (Å²) in [5.74, 6) is 0.761. The number of aromatic nitrogens is 1. The zero-order chi connectivity index (χ0) is 44.9. The van der Waals surface area contributed by atoms with Gasteiger partial charge in [0.25, 0.3) is 0 Å². The first kappa shape index (κ1) is 39.0. The van der Waals surface area contributed by atoms with Crippen molar-refractivity contribution in [3.05, 3.63) is 240 Å². The Hall–Kier alpha value is -8.18. The van der Waals surface area contributed by atoms with E-state index in [1.165, 1.54) is 96.9 Å². The second-order valence-corrected chi connectivity index (χ2v) is 19.6. The van der Waals surface area contributed by atoms with Crippen LogP contribution in [0.3, 0.4) is 0 Å². The Labute approximate surface area is 398 Å². The van der Waals surface area contributed by atoms with E-state index < -0.39 is 0 Å². The van der Waals surface area contributed by atoms with Gasteiger partial charge in [0.15, 0.2) is 5.84 Å². The van der Waals surface area contributed by atoms with Gasteiger partial charge in [-0.05, 0) is 122 Å². The second-order valence-electron chi connectivity index (χ2n) is 18.5. The summed E-state index contributed by atoms with van der Waals surface area (Å²) in [5.41, 5.74) is 16.4. The maximum atomic E-state index is 5.90. The van der Waals surface area contributed by atoms with Crippen molar-refractivity contribution in [3.8, 4) is 27.9 Å². The molecular formula is C64H43N3S. The van der Waals surface area contributed by atoms with Crippen LogP contribution in [0.4, 0.5) is 0 Å². The lowest BCUT2D eigenvalue weighted by Gasteiger charge is -2.23. The van der Waals surface area contributed by atoms with Crippen molar-refractivity contribution in [1.82, 2.24) is 4.57 Å². The Balaban J connectivity index is 1.05. The van der Waals surface area contributed by atoms with Crippen LogP contribution in [0.2, 0.25) is 0 Å². The zero-order valence-electron chi connectivity index (χ0n) is 37.4. The minimum Gasteiger partial charge on any atom is -0.309 e. The van der Waals surface area contributed by atoms with E-state index in [-0.39, 0.29) is 5.92 Å². The van der Waals surface area contributed by atoms with Gasteiger partial charge in [0.05, 0.1) is 28.1 Å². The predicted octanol–water partition coefficient (Wildman–Crippen LogP) is 17.0. The molecule has 0 saturated carbocycles. The van der Waals surface area contributed by atoms with Gasteiger partial charge in [-0.2, -0.15) is 0 Å². The summed E-state index contributed by atoms with van der Waals surface area (Å²) < 4.78 is 5.06. The number of hydrogen-bond acceptors (Lipinski definition) is 3. The van der Waals surface area contributed by atoms with E-state index in [2.05, 4.69) is 224 Å². The summed E-state index contributed by atoms with van der Waals surface area (Å²) in [7, 11) is 0. The van der Waals surface area contributed by atoms with Crippen LogP contribution < -0.4 is 0 Å². The lowest BCUT2D eigenvalue weighted by atomic mass is 9.89. The van der Waals surface area contributed by atoms with E-state index >= 15 is 0 Å². The fourth-order valence-corrected chi connectivity index (χ4v) is 12.2. The van der Waals surface area contributed by atoms with Crippen molar-refractivity contribution in [2.75, 3.05) is 0 Å². The van der Waals surface area contributed by atoms with E-state index in [9.17, 15) is 0 Å². The Morgan fingerprint density at radius 2 is 1.09 bits per heavy atom. The summed E-state index contributed by atoms with van der Waals surface area (Å²) in [4.78, 5) is 11.5. The monoisotopic (exact) mass is 885 g/mol. The normalized spacial score (nSPS) is 15.6. The van der Waals surface area contributed by atoms with Crippen molar-refractivity contribution in [2.24, 2.45) is 15.9 Å². The molecule has 10 aromatic carbocycles. The third-order valence-corrected chi connectivity index (χ3v) is 15.5. The first-order valence-corrected chi connectivity index (χ1v) is 24.5. The molecule has 3 nitrogen and oxygen atoms in total. The number of amidine groups is 1. The van der Waals surface area contributed by atoms with Gasteiger partial charge in [-0.15, -0.1) is 11.3 Å². The number of fused-ring (bicyclic) bond motifs is 11. The topological polar surface area (TPSA) is 29.6 Å². The Morgan fingerprint density at radius 3 is 1.87 bits per heavy atom. The van der Waals surface area contributed by atoms with Crippen LogP contribution in [0.25, 0.3) is 97.2 Å². The maximum Gasteiger partial charge on any atom is 0.160 e. The molecule has 0 bridgehead atoms. The molecule has 2 aromatic heterocycles. The van der Waals surface area contributed by atoms with Gasteiger partial charge in [-0.25, -0.2) is 9.98 Å². The minimum absolute atomic E-state index is 0.0454. The number of allylic oxidation sites excluding steroid dienone is 1. The van der Waals surface area contributed by atoms with Crippen LogP contribution in [0, 0.1) is 5.92 Å². The molecule has 14 rings (SSSR count). The lowest BCUT2D eigenvalue weighted by Crippen LogP contribution is -2.19. The van der Waals surface area contributed by atoms with Gasteiger partial charge < -0.3 is 4.57 Å². The summed E-state index contributed by atoms with van der Waals surface area (Å²) >= 11 is 1.83. The van der Waals surface area contributed by atoms with Gasteiger partial charge in [0.1, 0.15) is 0 Å². The van der Waals surface area contributed by atoms with Crippen LogP contribution in [0.15, 0.2) is 222 Å². The largest absolute Gasteiger partial charge is 0.309 e. The molecule has 0 spiro atoms. The molecule has 0 fully saturated rings. The molecule has 0 radical (unpaired) electrons. The Morgan fingerprint density at radius 1 is 0.441 bits per heavy atom. The molecule has 2 aliphatic rings. The molecule has 0 N–H and O–H groups in total. The van der Waals surface area contributed by atoms with E-state index in [4.69, 9.17) is 9.98 Å². The third kappa shape index (κ3) is 6.32.